The quantitative estimate of drug-likeness (QED) is 0.103. The van der Waals surface area contributed by atoms with Gasteiger partial charge >= 0.3 is 7.12 Å². The highest BCUT2D eigenvalue weighted by molar-refractivity contribution is 14.1. The average molecular weight is 938 g/mol. The number of hydrogen-bond donors (Lipinski definition) is 2. The molecule has 54 heavy (non-hydrogen) atoms. The molecule has 0 bridgehead atoms. The summed E-state index contributed by atoms with van der Waals surface area (Å²) in [7, 11) is -1.44. The molecular formula is C48H32BBr2IO2. The Hall–Kier alpha value is -4.57. The van der Waals surface area contributed by atoms with Gasteiger partial charge in [0, 0.05) is 12.5 Å². The Morgan fingerprint density at radius 2 is 0.704 bits per heavy atom. The van der Waals surface area contributed by atoms with Crippen LogP contribution in [0.25, 0.3) is 75.8 Å². The van der Waals surface area contributed by atoms with E-state index in [0.29, 0.717) is 5.46 Å². The largest absolute Gasteiger partial charge is 0.488 e. The van der Waals surface area contributed by atoms with Gasteiger partial charge in [-0.05, 0) is 140 Å². The van der Waals surface area contributed by atoms with E-state index in [9.17, 15) is 10.0 Å². The first-order valence-electron chi connectivity index (χ1n) is 17.6. The zero-order valence-electron chi connectivity index (χ0n) is 28.9. The molecule has 0 fully saturated rings. The summed E-state index contributed by atoms with van der Waals surface area (Å²) in [6, 6.07) is 63.0. The van der Waals surface area contributed by atoms with Crippen molar-refractivity contribution < 1.29 is 10.0 Å². The topological polar surface area (TPSA) is 40.5 Å². The predicted molar refractivity (Wildman–Crippen MR) is 248 cm³/mol. The Morgan fingerprint density at radius 1 is 0.333 bits per heavy atom. The van der Waals surface area contributed by atoms with Gasteiger partial charge in [-0.1, -0.05) is 177 Å². The maximum atomic E-state index is 9.42. The number of fused-ring (bicyclic) bond motifs is 12. The molecule has 0 saturated carbocycles. The molecule has 0 aromatic heterocycles. The highest BCUT2D eigenvalue weighted by Crippen LogP contribution is 2.38. The summed E-state index contributed by atoms with van der Waals surface area (Å²) in [6.07, 6.45) is 0. The van der Waals surface area contributed by atoms with Crippen LogP contribution in [-0.4, -0.2) is 17.2 Å². The van der Waals surface area contributed by atoms with Gasteiger partial charge in [-0.3, -0.25) is 0 Å². The molecule has 0 aliphatic carbocycles. The van der Waals surface area contributed by atoms with Gasteiger partial charge in [0.25, 0.3) is 0 Å². The highest BCUT2D eigenvalue weighted by Gasteiger charge is 2.14. The van der Waals surface area contributed by atoms with Gasteiger partial charge in [-0.15, -0.1) is 0 Å². The van der Waals surface area contributed by atoms with Crippen molar-refractivity contribution in [2.45, 2.75) is 0 Å². The van der Waals surface area contributed by atoms with Crippen LogP contribution in [0.15, 0.2) is 191 Å². The van der Waals surface area contributed by atoms with E-state index >= 15 is 0 Å². The lowest BCUT2D eigenvalue weighted by molar-refractivity contribution is 0.426. The number of halogens is 3. The van der Waals surface area contributed by atoms with Crippen molar-refractivity contribution in [1.82, 2.24) is 0 Å². The molecule has 0 saturated heterocycles. The van der Waals surface area contributed by atoms with Gasteiger partial charge in [0.2, 0.25) is 0 Å². The summed E-state index contributed by atoms with van der Waals surface area (Å²) in [5.74, 6) is 0. The molecule has 10 aromatic carbocycles. The molecule has 0 atom stereocenters. The number of rotatable bonds is 2. The van der Waals surface area contributed by atoms with Gasteiger partial charge in [-0.2, -0.15) is 0 Å². The van der Waals surface area contributed by atoms with Crippen LogP contribution in [0.2, 0.25) is 0 Å². The fraction of sp³-hybridized carbons (Fsp3) is 0. The van der Waals surface area contributed by atoms with Crippen LogP contribution in [0.4, 0.5) is 0 Å². The summed E-state index contributed by atoms with van der Waals surface area (Å²) in [4.78, 5) is 0. The van der Waals surface area contributed by atoms with E-state index in [0.717, 1.165) is 25.1 Å². The van der Waals surface area contributed by atoms with Crippen LogP contribution < -0.4 is 5.46 Å². The molecule has 0 aliphatic rings. The monoisotopic (exact) mass is 936 g/mol. The Morgan fingerprint density at radius 3 is 1.11 bits per heavy atom. The lowest BCUT2D eigenvalue weighted by Gasteiger charge is -2.12. The van der Waals surface area contributed by atoms with Gasteiger partial charge in [0.05, 0.1) is 0 Å². The second kappa shape index (κ2) is 16.0. The van der Waals surface area contributed by atoms with Crippen molar-refractivity contribution >= 4 is 132 Å². The third-order valence-corrected chi connectivity index (χ3v) is 11.4. The van der Waals surface area contributed by atoms with Gasteiger partial charge in [0.1, 0.15) is 0 Å². The molecule has 6 heteroatoms. The fourth-order valence-corrected chi connectivity index (χ4v) is 9.07. The first-order valence-corrected chi connectivity index (χ1v) is 20.2. The molecule has 0 unspecified atom stereocenters. The normalized spacial score (nSPS) is 11.1. The minimum atomic E-state index is -1.44. The Labute approximate surface area is 344 Å². The fourth-order valence-electron chi connectivity index (χ4n) is 7.30. The first kappa shape index (κ1) is 36.4. The molecule has 0 heterocycles. The molecular weight excluding hydrogens is 906 g/mol. The molecule has 0 aliphatic heterocycles. The summed E-state index contributed by atoms with van der Waals surface area (Å²) in [6.45, 7) is 0. The molecule has 0 amide bonds. The summed E-state index contributed by atoms with van der Waals surface area (Å²) < 4.78 is 3.51. The predicted octanol–water partition coefficient (Wildman–Crippen LogP) is 13.5. The van der Waals surface area contributed by atoms with Gasteiger partial charge in [-0.25, -0.2) is 0 Å². The minimum Gasteiger partial charge on any atom is -0.423 e. The van der Waals surface area contributed by atoms with Crippen LogP contribution >= 0.6 is 54.5 Å². The second-order valence-corrected chi connectivity index (χ2v) is 16.1. The van der Waals surface area contributed by atoms with E-state index in [1.807, 2.05) is 48.5 Å². The lowest BCUT2D eigenvalue weighted by atomic mass is 9.78. The van der Waals surface area contributed by atoms with Crippen LogP contribution in [0.5, 0.6) is 0 Å². The van der Waals surface area contributed by atoms with E-state index in [4.69, 9.17) is 0 Å². The Kier molecular flexibility index (Phi) is 10.8. The molecule has 260 valence electrons. The lowest BCUT2D eigenvalue weighted by Crippen LogP contribution is -2.29. The standard InChI is InChI=1S/C24H15Br.C18H13BO2.C6H4BrI/c25-18-7-5-6-16(14-18)17-12-13-23-21-10-2-1-8-19(21)20-9-3-4-11-22(20)24(23)15-17;20-19(21)12-9-10-17-15-7-2-1-5-13(15)14-6-3-4-8-16(14)18(17)11-12;7-5-2-1-3-6(8)4-5/h1-15H;1-11,20-21H;1-4H. The van der Waals surface area contributed by atoms with Crippen molar-refractivity contribution in [3.8, 4) is 11.1 Å². The third kappa shape index (κ3) is 7.42. The van der Waals surface area contributed by atoms with Crippen molar-refractivity contribution in [1.29, 1.82) is 0 Å². The summed E-state index contributed by atoms with van der Waals surface area (Å²) in [5, 5.41) is 33.6. The van der Waals surface area contributed by atoms with E-state index in [2.05, 4.69) is 182 Å². The summed E-state index contributed by atoms with van der Waals surface area (Å²) >= 11 is 9.21. The van der Waals surface area contributed by atoms with Crippen LogP contribution in [0, 0.1) is 3.57 Å². The Balaban J connectivity index is 0.000000129. The third-order valence-electron chi connectivity index (χ3n) is 9.76. The van der Waals surface area contributed by atoms with Crippen LogP contribution in [-0.2, 0) is 0 Å². The zero-order chi connectivity index (χ0) is 37.2. The zero-order valence-corrected chi connectivity index (χ0v) is 34.3. The van der Waals surface area contributed by atoms with E-state index < -0.39 is 7.12 Å². The number of benzene rings is 10. The van der Waals surface area contributed by atoms with Crippen molar-refractivity contribution in [2.75, 3.05) is 0 Å². The van der Waals surface area contributed by atoms with E-state index in [1.165, 1.54) is 63.2 Å². The van der Waals surface area contributed by atoms with Crippen LogP contribution in [0.1, 0.15) is 0 Å². The minimum absolute atomic E-state index is 0.517. The smallest absolute Gasteiger partial charge is 0.423 e. The van der Waals surface area contributed by atoms with E-state index in [-0.39, 0.29) is 0 Å². The summed E-state index contributed by atoms with van der Waals surface area (Å²) in [5.41, 5.74) is 2.99. The van der Waals surface area contributed by atoms with Crippen molar-refractivity contribution in [2.24, 2.45) is 0 Å². The Bertz CT molecular complexity index is 2890. The molecule has 10 aromatic rings. The van der Waals surface area contributed by atoms with Crippen molar-refractivity contribution in [3.63, 3.8) is 0 Å². The molecule has 0 spiro atoms. The molecule has 2 nitrogen and oxygen atoms in total. The molecule has 10 rings (SSSR count). The van der Waals surface area contributed by atoms with Crippen LogP contribution in [0.3, 0.4) is 0 Å². The maximum absolute atomic E-state index is 9.42. The molecule has 2 N–H and O–H groups in total. The number of hydrogen-bond acceptors (Lipinski definition) is 2. The second-order valence-electron chi connectivity index (χ2n) is 13.1. The van der Waals surface area contributed by atoms with Gasteiger partial charge < -0.3 is 10.0 Å². The molecule has 0 radical (unpaired) electrons. The van der Waals surface area contributed by atoms with Gasteiger partial charge in [0.15, 0.2) is 0 Å². The highest BCUT2D eigenvalue weighted by atomic mass is 127. The van der Waals surface area contributed by atoms with E-state index in [1.54, 1.807) is 6.07 Å². The SMILES string of the molecule is Brc1cccc(-c2ccc3c4ccccc4c4ccccc4c3c2)c1.Brc1cccc(I)c1.OB(O)c1ccc2c3ccccc3c3ccccc3c2c1. The van der Waals surface area contributed by atoms with Crippen molar-refractivity contribution in [3.05, 3.63) is 195 Å². The first-order chi connectivity index (χ1) is 26.4. The maximum Gasteiger partial charge on any atom is 0.488 e. The average Bonchev–Trinajstić information content (AvgIpc) is 3.21.